The number of hydrogen-bond donors (Lipinski definition) is 0. The van der Waals surface area contributed by atoms with Gasteiger partial charge < -0.3 is 13.9 Å². The first-order chi connectivity index (χ1) is 28.3. The lowest BCUT2D eigenvalue weighted by atomic mass is 10.0. The van der Waals surface area contributed by atoms with Gasteiger partial charge in [0.25, 0.3) is 0 Å². The lowest BCUT2D eigenvalue weighted by Crippen LogP contribution is -2.10. The summed E-state index contributed by atoms with van der Waals surface area (Å²) >= 11 is 0. The van der Waals surface area contributed by atoms with E-state index in [1.807, 2.05) is 12.1 Å². The molecule has 0 aliphatic carbocycles. The van der Waals surface area contributed by atoms with Crippen LogP contribution in [0.4, 0.5) is 17.1 Å². The van der Waals surface area contributed by atoms with Crippen LogP contribution >= 0.6 is 0 Å². The van der Waals surface area contributed by atoms with E-state index in [-0.39, 0.29) is 0 Å². The molecular weight excluding hydrogens is 693 g/mol. The van der Waals surface area contributed by atoms with E-state index >= 15 is 0 Å². The summed E-state index contributed by atoms with van der Waals surface area (Å²) in [6.45, 7) is 0. The summed E-state index contributed by atoms with van der Waals surface area (Å²) in [5, 5.41) is 4.70. The van der Waals surface area contributed by atoms with Gasteiger partial charge in [-0.3, -0.25) is 0 Å². The number of anilines is 3. The highest BCUT2D eigenvalue weighted by molar-refractivity contribution is 6.13. The van der Waals surface area contributed by atoms with Gasteiger partial charge in [-0.1, -0.05) is 146 Å². The van der Waals surface area contributed by atoms with Gasteiger partial charge in [-0.05, 0) is 101 Å². The van der Waals surface area contributed by atoms with E-state index in [4.69, 9.17) is 4.42 Å². The van der Waals surface area contributed by atoms with Crippen molar-refractivity contribution in [1.82, 2.24) is 4.57 Å². The predicted octanol–water partition coefficient (Wildman–Crippen LogP) is 15.2. The molecule has 0 aliphatic rings. The predicted molar refractivity (Wildman–Crippen MR) is 239 cm³/mol. The van der Waals surface area contributed by atoms with Crippen LogP contribution in [0.3, 0.4) is 0 Å². The van der Waals surface area contributed by atoms with Gasteiger partial charge in [-0.2, -0.15) is 0 Å². The van der Waals surface area contributed by atoms with Crippen LogP contribution in [0.25, 0.3) is 82.8 Å². The minimum Gasteiger partial charge on any atom is -0.455 e. The van der Waals surface area contributed by atoms with Gasteiger partial charge in [0, 0.05) is 49.9 Å². The maximum Gasteiger partial charge on any atom is 0.143 e. The number of furan rings is 1. The second-order valence-corrected chi connectivity index (χ2v) is 14.5. The highest BCUT2D eigenvalue weighted by Gasteiger charge is 2.18. The van der Waals surface area contributed by atoms with Crippen LogP contribution in [0.2, 0.25) is 0 Å². The van der Waals surface area contributed by atoms with E-state index in [1.165, 1.54) is 38.5 Å². The number of fused-ring (bicyclic) bond motifs is 6. The third-order valence-electron chi connectivity index (χ3n) is 11.2. The van der Waals surface area contributed by atoms with E-state index in [0.29, 0.717) is 0 Å². The molecule has 11 aromatic rings. The van der Waals surface area contributed by atoms with Gasteiger partial charge in [-0.15, -0.1) is 0 Å². The zero-order valence-corrected chi connectivity index (χ0v) is 31.1. The van der Waals surface area contributed by atoms with Crippen LogP contribution < -0.4 is 4.90 Å². The lowest BCUT2D eigenvalue weighted by Gasteiger charge is -2.26. The van der Waals surface area contributed by atoms with Gasteiger partial charge in [0.1, 0.15) is 11.2 Å². The van der Waals surface area contributed by atoms with E-state index in [1.54, 1.807) is 0 Å². The quantitative estimate of drug-likeness (QED) is 0.163. The first-order valence-corrected chi connectivity index (χ1v) is 19.4. The minimum absolute atomic E-state index is 0.910. The van der Waals surface area contributed by atoms with Gasteiger partial charge in [0.05, 0.1) is 11.0 Å². The summed E-state index contributed by atoms with van der Waals surface area (Å²) in [6, 6.07) is 78.0. The van der Waals surface area contributed by atoms with E-state index in [0.717, 1.165) is 61.3 Å². The standard InChI is InChI=1S/C54H36N2O/c1-3-12-37(13-4-1)39-22-27-42(28-23-39)55(43-29-24-40(25-30-43)38-14-5-2-6-15-38)44-31-33-45(34-32-44)56-51-20-9-7-16-47(51)50-36-41(26-35-52(50)56)46-18-11-19-49-48-17-8-10-21-53(48)57-54(46)49/h1-36H. The molecule has 0 unspecified atom stereocenters. The van der Waals surface area contributed by atoms with Gasteiger partial charge in [0.15, 0.2) is 0 Å². The van der Waals surface area contributed by atoms with E-state index < -0.39 is 0 Å². The summed E-state index contributed by atoms with van der Waals surface area (Å²) in [6.07, 6.45) is 0. The highest BCUT2D eigenvalue weighted by Crippen LogP contribution is 2.41. The molecule has 0 bridgehead atoms. The van der Waals surface area contributed by atoms with Crippen molar-refractivity contribution in [2.24, 2.45) is 0 Å². The molecule has 0 fully saturated rings. The number of nitrogens with zero attached hydrogens (tertiary/aromatic N) is 2. The Balaban J connectivity index is 1.00. The summed E-state index contributed by atoms with van der Waals surface area (Å²) in [4.78, 5) is 2.34. The third kappa shape index (κ3) is 5.68. The fraction of sp³-hybridized carbons (Fsp3) is 0. The Labute approximate surface area is 330 Å². The van der Waals surface area contributed by atoms with Gasteiger partial charge in [-0.25, -0.2) is 0 Å². The molecule has 0 spiro atoms. The first kappa shape index (κ1) is 32.8. The van der Waals surface area contributed by atoms with Crippen molar-refractivity contribution in [3.05, 3.63) is 218 Å². The maximum absolute atomic E-state index is 6.45. The topological polar surface area (TPSA) is 21.3 Å². The fourth-order valence-corrected chi connectivity index (χ4v) is 8.46. The summed E-state index contributed by atoms with van der Waals surface area (Å²) < 4.78 is 8.83. The normalized spacial score (nSPS) is 11.5. The molecule has 11 rings (SSSR count). The molecular formula is C54H36N2O. The van der Waals surface area contributed by atoms with Crippen molar-refractivity contribution in [1.29, 1.82) is 0 Å². The number of aromatic nitrogens is 1. The molecule has 2 aromatic heterocycles. The van der Waals surface area contributed by atoms with Crippen LogP contribution in [-0.4, -0.2) is 4.57 Å². The van der Waals surface area contributed by atoms with Crippen LogP contribution in [0.1, 0.15) is 0 Å². The zero-order chi connectivity index (χ0) is 37.7. The molecule has 3 nitrogen and oxygen atoms in total. The fourth-order valence-electron chi connectivity index (χ4n) is 8.46. The van der Waals surface area contributed by atoms with Crippen LogP contribution in [-0.2, 0) is 0 Å². The van der Waals surface area contributed by atoms with Crippen molar-refractivity contribution < 1.29 is 4.42 Å². The SMILES string of the molecule is c1ccc(-c2ccc(N(c3ccc(-c4ccccc4)cc3)c3ccc(-n4c5ccccc5c5cc(-c6cccc7c6oc6ccccc67)ccc54)cc3)cc2)cc1. The largest absolute Gasteiger partial charge is 0.455 e. The number of rotatable bonds is 7. The molecule has 0 amide bonds. The minimum atomic E-state index is 0.910. The molecule has 9 aromatic carbocycles. The average molecular weight is 729 g/mol. The summed E-state index contributed by atoms with van der Waals surface area (Å²) in [5.41, 5.74) is 15.6. The van der Waals surface area contributed by atoms with Crippen molar-refractivity contribution in [2.45, 2.75) is 0 Å². The van der Waals surface area contributed by atoms with Crippen molar-refractivity contribution in [3.63, 3.8) is 0 Å². The number of hydrogen-bond acceptors (Lipinski definition) is 2. The molecule has 57 heavy (non-hydrogen) atoms. The second-order valence-electron chi connectivity index (χ2n) is 14.5. The molecule has 0 N–H and O–H groups in total. The van der Waals surface area contributed by atoms with Crippen LogP contribution in [0.5, 0.6) is 0 Å². The summed E-state index contributed by atoms with van der Waals surface area (Å²) in [7, 11) is 0. The zero-order valence-electron chi connectivity index (χ0n) is 31.1. The van der Waals surface area contributed by atoms with Gasteiger partial charge in [0.2, 0.25) is 0 Å². The molecule has 3 heteroatoms. The Morgan fingerprint density at radius 3 is 1.47 bits per heavy atom. The lowest BCUT2D eigenvalue weighted by molar-refractivity contribution is 0.670. The Morgan fingerprint density at radius 1 is 0.333 bits per heavy atom. The molecule has 0 radical (unpaired) electrons. The average Bonchev–Trinajstić information content (AvgIpc) is 3.84. The molecule has 0 saturated heterocycles. The first-order valence-electron chi connectivity index (χ1n) is 19.4. The van der Waals surface area contributed by atoms with E-state index in [2.05, 4.69) is 216 Å². The monoisotopic (exact) mass is 728 g/mol. The molecule has 0 atom stereocenters. The molecule has 0 aliphatic heterocycles. The molecule has 2 heterocycles. The van der Waals surface area contributed by atoms with E-state index in [9.17, 15) is 0 Å². The molecule has 268 valence electrons. The third-order valence-corrected chi connectivity index (χ3v) is 11.2. The Bertz CT molecular complexity index is 3110. The highest BCUT2D eigenvalue weighted by atomic mass is 16.3. The van der Waals surface area contributed by atoms with Crippen molar-refractivity contribution >= 4 is 60.8 Å². The Hall–Kier alpha value is -7.62. The summed E-state index contributed by atoms with van der Waals surface area (Å²) in [5.74, 6) is 0. The van der Waals surface area contributed by atoms with Crippen molar-refractivity contribution in [3.8, 4) is 39.1 Å². The number of para-hydroxylation sites is 3. The van der Waals surface area contributed by atoms with Crippen LogP contribution in [0.15, 0.2) is 223 Å². The van der Waals surface area contributed by atoms with Crippen LogP contribution in [0, 0.1) is 0 Å². The van der Waals surface area contributed by atoms with Gasteiger partial charge >= 0.3 is 0 Å². The second kappa shape index (κ2) is 13.6. The smallest absolute Gasteiger partial charge is 0.143 e. The Kier molecular flexibility index (Phi) is 7.82. The maximum atomic E-state index is 6.45. The Morgan fingerprint density at radius 2 is 0.825 bits per heavy atom. The molecule has 0 saturated carbocycles. The van der Waals surface area contributed by atoms with Crippen molar-refractivity contribution in [2.75, 3.05) is 4.90 Å². The number of benzene rings is 9.